The van der Waals surface area contributed by atoms with E-state index < -0.39 is 20.0 Å². The first-order valence-electron chi connectivity index (χ1n) is 15.3. The van der Waals surface area contributed by atoms with Crippen molar-refractivity contribution < 1.29 is 26.3 Å². The summed E-state index contributed by atoms with van der Waals surface area (Å²) in [6, 6.07) is 32.2. The Balaban J connectivity index is 1.29. The highest BCUT2D eigenvalue weighted by atomic mass is 32.2. The highest BCUT2D eigenvalue weighted by Crippen LogP contribution is 2.52. The first-order valence-corrected chi connectivity index (χ1v) is 18.3. The van der Waals surface area contributed by atoms with Crippen molar-refractivity contribution in [3.8, 4) is 11.5 Å². The Kier molecular flexibility index (Phi) is 6.97. The third-order valence-electron chi connectivity index (χ3n) is 9.14. The first-order chi connectivity index (χ1) is 23.2. The lowest BCUT2D eigenvalue weighted by molar-refractivity contribution is 0.421. The Morgan fingerprint density at radius 2 is 1.00 bits per heavy atom. The molecule has 6 aromatic carbocycles. The average molecular weight is 675 g/mol. The van der Waals surface area contributed by atoms with E-state index in [9.17, 15) is 16.8 Å². The van der Waals surface area contributed by atoms with Gasteiger partial charge in [0.25, 0.3) is 20.0 Å². The molecular formula is C38H30N2O6S2. The fraction of sp³-hybridized carbons (Fsp3) is 0.105. The number of hydrogen-bond acceptors (Lipinski definition) is 6. The fourth-order valence-corrected chi connectivity index (χ4v) is 9.31. The summed E-state index contributed by atoms with van der Waals surface area (Å²) in [5.74, 6) is 0.902. The lowest BCUT2D eigenvalue weighted by Crippen LogP contribution is -2.14. The van der Waals surface area contributed by atoms with Gasteiger partial charge in [-0.2, -0.15) is 0 Å². The molecule has 0 spiro atoms. The molecule has 240 valence electrons. The molecule has 2 aliphatic carbocycles. The van der Waals surface area contributed by atoms with Gasteiger partial charge >= 0.3 is 0 Å². The van der Waals surface area contributed by atoms with Crippen LogP contribution in [0.15, 0.2) is 119 Å². The Morgan fingerprint density at radius 3 is 1.56 bits per heavy atom. The van der Waals surface area contributed by atoms with E-state index in [-0.39, 0.29) is 9.79 Å². The van der Waals surface area contributed by atoms with Crippen molar-refractivity contribution in [2.24, 2.45) is 0 Å². The summed E-state index contributed by atoms with van der Waals surface area (Å²) in [6.07, 6.45) is 1.21. The fourth-order valence-electron chi connectivity index (χ4n) is 7.16. The van der Waals surface area contributed by atoms with Crippen LogP contribution in [-0.2, 0) is 32.9 Å². The summed E-state index contributed by atoms with van der Waals surface area (Å²) in [6.45, 7) is 0. The predicted molar refractivity (Wildman–Crippen MR) is 190 cm³/mol. The monoisotopic (exact) mass is 674 g/mol. The minimum atomic E-state index is -3.90. The second-order valence-corrected chi connectivity index (χ2v) is 15.2. The van der Waals surface area contributed by atoms with E-state index in [4.69, 9.17) is 9.47 Å². The van der Waals surface area contributed by atoms with E-state index in [0.29, 0.717) is 35.7 Å². The smallest absolute Gasteiger partial charge is 0.262 e. The summed E-state index contributed by atoms with van der Waals surface area (Å²) < 4.78 is 70.9. The van der Waals surface area contributed by atoms with Crippen LogP contribution >= 0.6 is 0 Å². The molecule has 2 aliphatic rings. The van der Waals surface area contributed by atoms with Crippen molar-refractivity contribution >= 4 is 64.1 Å². The Labute approximate surface area is 278 Å². The number of hydrogen-bond donors (Lipinski definition) is 2. The third kappa shape index (κ3) is 4.70. The highest BCUT2D eigenvalue weighted by Gasteiger charge is 2.32. The van der Waals surface area contributed by atoms with E-state index >= 15 is 0 Å². The summed E-state index contributed by atoms with van der Waals surface area (Å²) in [4.78, 5) is 0.313. The molecule has 0 radical (unpaired) electrons. The van der Waals surface area contributed by atoms with E-state index in [0.717, 1.165) is 54.9 Å². The molecular weight excluding hydrogens is 645 g/mol. The Morgan fingerprint density at radius 1 is 0.521 bits per heavy atom. The summed E-state index contributed by atoms with van der Waals surface area (Å²) >= 11 is 0. The molecule has 0 fully saturated rings. The van der Waals surface area contributed by atoms with Gasteiger partial charge in [-0.3, -0.25) is 9.44 Å². The van der Waals surface area contributed by atoms with Crippen molar-refractivity contribution in [1.29, 1.82) is 0 Å². The van der Waals surface area contributed by atoms with Crippen molar-refractivity contribution in [3.05, 3.63) is 131 Å². The molecule has 0 atom stereocenters. The molecule has 8 nitrogen and oxygen atoms in total. The number of ether oxygens (including phenoxy) is 2. The van der Waals surface area contributed by atoms with Crippen LogP contribution in [0.2, 0.25) is 0 Å². The van der Waals surface area contributed by atoms with Gasteiger partial charge in [0.2, 0.25) is 0 Å². The Bertz CT molecular complexity index is 2550. The SMILES string of the molecule is COc1c(NS(=O)(=O)c2ccccc2)cc2c3c(cccc13)/C(=C1\Cc3cccc4c(OC)c(NS(=O)(=O)c5ccccc5)cc1c34)C2. The van der Waals surface area contributed by atoms with Crippen LogP contribution < -0.4 is 18.9 Å². The van der Waals surface area contributed by atoms with Gasteiger partial charge in [0.1, 0.15) is 0 Å². The molecule has 0 bridgehead atoms. The zero-order valence-corrected chi connectivity index (χ0v) is 27.7. The maximum absolute atomic E-state index is 13.5. The number of sulfonamides is 2. The van der Waals surface area contributed by atoms with E-state index in [1.54, 1.807) is 74.9 Å². The Hall–Kier alpha value is -5.32. The molecule has 10 heteroatoms. The lowest BCUT2D eigenvalue weighted by Gasteiger charge is -2.17. The predicted octanol–water partition coefficient (Wildman–Crippen LogP) is 7.63. The number of methoxy groups -OCH3 is 2. The number of nitrogens with one attached hydrogen (secondary N) is 2. The van der Waals surface area contributed by atoms with Crippen molar-refractivity contribution in [2.45, 2.75) is 22.6 Å². The molecule has 0 amide bonds. The molecule has 8 rings (SSSR count). The molecule has 0 saturated heterocycles. The van der Waals surface area contributed by atoms with E-state index in [1.165, 1.54) is 0 Å². The maximum Gasteiger partial charge on any atom is 0.262 e. The number of rotatable bonds is 8. The molecule has 0 aromatic heterocycles. The normalized spacial score (nSPS) is 15.2. The third-order valence-corrected chi connectivity index (χ3v) is 11.9. The van der Waals surface area contributed by atoms with Gasteiger partial charge in [0.05, 0.1) is 35.4 Å². The average Bonchev–Trinajstić information content (AvgIpc) is 3.65. The van der Waals surface area contributed by atoms with Crippen molar-refractivity contribution in [1.82, 2.24) is 0 Å². The zero-order chi connectivity index (χ0) is 33.2. The van der Waals surface area contributed by atoms with E-state index in [2.05, 4.69) is 21.6 Å². The van der Waals surface area contributed by atoms with Crippen LogP contribution in [0.1, 0.15) is 22.3 Å². The second-order valence-electron chi connectivity index (χ2n) is 11.8. The molecule has 2 N–H and O–H groups in total. The van der Waals surface area contributed by atoms with Crippen molar-refractivity contribution in [2.75, 3.05) is 23.7 Å². The van der Waals surface area contributed by atoms with Crippen LogP contribution in [-0.4, -0.2) is 31.1 Å². The van der Waals surface area contributed by atoms with Gasteiger partial charge in [-0.05, 0) is 93.4 Å². The minimum Gasteiger partial charge on any atom is -0.494 e. The van der Waals surface area contributed by atoms with Crippen LogP contribution in [0.4, 0.5) is 11.4 Å². The molecule has 6 aromatic rings. The van der Waals surface area contributed by atoms with Gasteiger partial charge in [0, 0.05) is 10.8 Å². The minimum absolute atomic E-state index is 0.154. The van der Waals surface area contributed by atoms with Gasteiger partial charge in [-0.15, -0.1) is 0 Å². The molecule has 0 unspecified atom stereocenters. The molecule has 0 heterocycles. The number of allylic oxidation sites excluding steroid dienone is 2. The number of benzene rings is 6. The van der Waals surface area contributed by atoms with Crippen LogP contribution in [0.3, 0.4) is 0 Å². The topological polar surface area (TPSA) is 111 Å². The molecule has 0 saturated carbocycles. The van der Waals surface area contributed by atoms with Crippen LogP contribution in [0.5, 0.6) is 11.5 Å². The van der Waals surface area contributed by atoms with Gasteiger partial charge in [0.15, 0.2) is 11.5 Å². The van der Waals surface area contributed by atoms with E-state index in [1.807, 2.05) is 36.4 Å². The zero-order valence-electron chi connectivity index (χ0n) is 26.1. The standard InChI is InChI=1S/C38H30N2O6S2/c1-45-37-29-18-10-16-27-30(20-24(36(27)29)21-33(37)39-47(41,42)25-12-5-3-6-13-25)31-19-23-11-9-17-28-35(23)32(31)22-34(38(28)46-2)40-48(43,44)26-14-7-4-8-15-26/h3-18,21-22,39-40H,19-20H2,1-2H3/b31-30+. The summed E-state index contributed by atoms with van der Waals surface area (Å²) in [5.41, 5.74) is 6.97. The first kappa shape index (κ1) is 30.0. The number of anilines is 2. The van der Waals surface area contributed by atoms with Gasteiger partial charge in [-0.1, -0.05) is 72.8 Å². The molecule has 48 heavy (non-hydrogen) atoms. The quantitative estimate of drug-likeness (QED) is 0.172. The van der Waals surface area contributed by atoms with Gasteiger partial charge in [-0.25, -0.2) is 16.8 Å². The van der Waals surface area contributed by atoms with Gasteiger partial charge < -0.3 is 9.47 Å². The lowest BCUT2D eigenvalue weighted by atomic mass is 9.95. The van der Waals surface area contributed by atoms with Crippen LogP contribution in [0.25, 0.3) is 32.7 Å². The van der Waals surface area contributed by atoms with Crippen LogP contribution in [0, 0.1) is 0 Å². The molecule has 0 aliphatic heterocycles. The summed E-state index contributed by atoms with van der Waals surface area (Å²) in [5, 5.41) is 3.66. The largest absolute Gasteiger partial charge is 0.494 e. The van der Waals surface area contributed by atoms with Crippen molar-refractivity contribution in [3.63, 3.8) is 0 Å². The second kappa shape index (κ2) is 11.1. The highest BCUT2D eigenvalue weighted by molar-refractivity contribution is 7.93. The maximum atomic E-state index is 13.5. The summed E-state index contributed by atoms with van der Waals surface area (Å²) in [7, 11) is -4.68.